The minimum Gasteiger partial charge on any atom is -0.481 e. The highest BCUT2D eigenvalue weighted by atomic mass is 35.5. The molecule has 0 spiro atoms. The number of aliphatic carboxylic acids is 1. The minimum absolute atomic E-state index is 0.0219. The van der Waals surface area contributed by atoms with Crippen molar-refractivity contribution in [3.63, 3.8) is 0 Å². The number of halogens is 3. The van der Waals surface area contributed by atoms with Gasteiger partial charge in [0.15, 0.2) is 5.78 Å². The van der Waals surface area contributed by atoms with Crippen molar-refractivity contribution in [1.82, 2.24) is 0 Å². The van der Waals surface area contributed by atoms with Crippen molar-refractivity contribution >= 4 is 40.7 Å². The number of carboxylic acid groups (broad SMARTS) is 1. The molecule has 1 saturated carbocycles. The molecule has 2 rings (SSSR count). The summed E-state index contributed by atoms with van der Waals surface area (Å²) in [6.07, 6.45) is 8.36. The Labute approximate surface area is 173 Å². The average molecular weight is 429 g/mol. The number of unbranched alkanes of at least 4 members (excludes halogenated alkanes) is 3. The van der Waals surface area contributed by atoms with E-state index in [9.17, 15) is 18.8 Å². The Bertz CT molecular complexity index is 776. The molecular formula is C21H23Cl2FO4. The van der Waals surface area contributed by atoms with Gasteiger partial charge in [-0.3, -0.25) is 14.4 Å². The standard InChI is InChI=1S/C21H23Cl2FO4/c22-16-12-17(23)18(24)11-15(16)20(26)10-8-13-7-9-19(25)14(13)5-3-1-2-4-6-21(27)28/h8,10-14H,1-7,9H2,(H,27,28)/t13-,14-/m0/s1. The Kier molecular flexibility index (Phi) is 8.64. The summed E-state index contributed by atoms with van der Waals surface area (Å²) in [7, 11) is 0. The van der Waals surface area contributed by atoms with Gasteiger partial charge in [0.1, 0.15) is 11.6 Å². The molecule has 0 radical (unpaired) electrons. The maximum absolute atomic E-state index is 13.6. The van der Waals surface area contributed by atoms with E-state index < -0.39 is 17.6 Å². The molecule has 1 aliphatic rings. The number of benzene rings is 1. The lowest BCUT2D eigenvalue weighted by Gasteiger charge is -2.14. The van der Waals surface area contributed by atoms with Gasteiger partial charge in [-0.1, -0.05) is 48.5 Å². The van der Waals surface area contributed by atoms with Crippen LogP contribution in [0.5, 0.6) is 0 Å². The Morgan fingerprint density at radius 1 is 1.14 bits per heavy atom. The lowest BCUT2D eigenvalue weighted by atomic mass is 9.89. The van der Waals surface area contributed by atoms with Crippen molar-refractivity contribution in [3.05, 3.63) is 45.7 Å². The van der Waals surface area contributed by atoms with Gasteiger partial charge in [0.25, 0.3) is 0 Å². The van der Waals surface area contributed by atoms with Crippen molar-refractivity contribution in [1.29, 1.82) is 0 Å². The van der Waals surface area contributed by atoms with E-state index in [4.69, 9.17) is 28.3 Å². The molecule has 1 N–H and O–H groups in total. The summed E-state index contributed by atoms with van der Waals surface area (Å²) in [6, 6.07) is 2.22. The van der Waals surface area contributed by atoms with E-state index in [0.29, 0.717) is 19.3 Å². The Morgan fingerprint density at radius 2 is 1.86 bits per heavy atom. The molecule has 152 valence electrons. The number of hydrogen-bond acceptors (Lipinski definition) is 3. The van der Waals surface area contributed by atoms with Gasteiger partial charge in [-0.2, -0.15) is 0 Å². The SMILES string of the molecule is O=C(O)CCCCCC[C@@H]1C(=O)CC[C@H]1C=CC(=O)c1cc(F)c(Cl)cc1Cl. The Balaban J connectivity index is 1.90. The van der Waals surface area contributed by atoms with Crippen molar-refractivity contribution in [2.24, 2.45) is 11.8 Å². The summed E-state index contributed by atoms with van der Waals surface area (Å²) in [5.41, 5.74) is 0.0409. The fourth-order valence-corrected chi connectivity index (χ4v) is 4.02. The number of ketones is 2. The minimum atomic E-state index is -0.790. The molecule has 7 heteroatoms. The number of carboxylic acids is 1. The van der Waals surface area contributed by atoms with Crippen molar-refractivity contribution in [3.8, 4) is 0 Å². The number of carbonyl (C=O) groups is 3. The van der Waals surface area contributed by atoms with Crippen molar-refractivity contribution < 1.29 is 23.9 Å². The number of rotatable bonds is 10. The molecule has 0 aromatic heterocycles. The van der Waals surface area contributed by atoms with Crippen LogP contribution in [0.1, 0.15) is 61.7 Å². The van der Waals surface area contributed by atoms with Crippen LogP contribution in [0.4, 0.5) is 4.39 Å². The third-order valence-corrected chi connectivity index (χ3v) is 5.68. The largest absolute Gasteiger partial charge is 0.481 e. The second-order valence-corrected chi connectivity index (χ2v) is 7.91. The molecule has 1 aliphatic carbocycles. The van der Waals surface area contributed by atoms with Crippen LogP contribution in [0.3, 0.4) is 0 Å². The van der Waals surface area contributed by atoms with Gasteiger partial charge in [-0.05, 0) is 43.4 Å². The molecule has 1 aromatic carbocycles. The Morgan fingerprint density at radius 3 is 2.57 bits per heavy atom. The number of hydrogen-bond donors (Lipinski definition) is 1. The van der Waals surface area contributed by atoms with Gasteiger partial charge in [-0.15, -0.1) is 0 Å². The first-order valence-electron chi connectivity index (χ1n) is 9.41. The first kappa shape index (κ1) is 22.6. The van der Waals surface area contributed by atoms with Crippen LogP contribution >= 0.6 is 23.2 Å². The lowest BCUT2D eigenvalue weighted by molar-refractivity contribution is -0.137. The molecule has 28 heavy (non-hydrogen) atoms. The number of allylic oxidation sites excluding steroid dienone is 2. The fourth-order valence-electron chi connectivity index (χ4n) is 3.55. The quantitative estimate of drug-likeness (QED) is 0.218. The van der Waals surface area contributed by atoms with Crippen LogP contribution in [0.2, 0.25) is 10.0 Å². The van der Waals surface area contributed by atoms with Gasteiger partial charge in [0.2, 0.25) is 0 Å². The third-order valence-electron chi connectivity index (χ3n) is 5.08. The average Bonchev–Trinajstić information content (AvgIpc) is 2.98. The highest BCUT2D eigenvalue weighted by Gasteiger charge is 2.32. The highest BCUT2D eigenvalue weighted by Crippen LogP contribution is 2.34. The molecule has 0 aliphatic heterocycles. The normalized spacial score (nSPS) is 19.5. The molecule has 1 aromatic rings. The number of carbonyl (C=O) groups excluding carboxylic acids is 2. The molecule has 0 bridgehead atoms. The zero-order valence-electron chi connectivity index (χ0n) is 15.4. The molecule has 0 heterocycles. The first-order chi connectivity index (χ1) is 13.3. The predicted molar refractivity (Wildman–Crippen MR) is 106 cm³/mol. The summed E-state index contributed by atoms with van der Waals surface area (Å²) >= 11 is 11.6. The highest BCUT2D eigenvalue weighted by molar-refractivity contribution is 6.37. The second kappa shape index (κ2) is 10.7. The van der Waals surface area contributed by atoms with Gasteiger partial charge < -0.3 is 5.11 Å². The molecule has 0 amide bonds. The molecule has 2 atom stereocenters. The Hall–Kier alpha value is -1.72. The summed E-state index contributed by atoms with van der Waals surface area (Å²) in [6.45, 7) is 0. The van der Waals surface area contributed by atoms with E-state index in [1.807, 2.05) is 0 Å². The monoisotopic (exact) mass is 428 g/mol. The molecular weight excluding hydrogens is 406 g/mol. The third kappa shape index (κ3) is 6.42. The summed E-state index contributed by atoms with van der Waals surface area (Å²) < 4.78 is 13.6. The maximum atomic E-state index is 13.6. The first-order valence-corrected chi connectivity index (χ1v) is 10.2. The molecule has 0 unspecified atom stereocenters. The fraction of sp³-hybridized carbons (Fsp3) is 0.476. The van der Waals surface area contributed by atoms with Gasteiger partial charge in [0, 0.05) is 24.3 Å². The summed E-state index contributed by atoms with van der Waals surface area (Å²) in [5.74, 6) is -1.87. The van der Waals surface area contributed by atoms with E-state index >= 15 is 0 Å². The van der Waals surface area contributed by atoms with Crippen LogP contribution in [-0.4, -0.2) is 22.6 Å². The molecule has 0 saturated heterocycles. The van der Waals surface area contributed by atoms with Crippen molar-refractivity contribution in [2.45, 2.75) is 51.4 Å². The predicted octanol–water partition coefficient (Wildman–Crippen LogP) is 5.89. The van der Waals surface area contributed by atoms with Crippen molar-refractivity contribution in [2.75, 3.05) is 0 Å². The van der Waals surface area contributed by atoms with Crippen LogP contribution < -0.4 is 0 Å². The van der Waals surface area contributed by atoms with E-state index in [0.717, 1.165) is 31.7 Å². The zero-order chi connectivity index (χ0) is 20.7. The smallest absolute Gasteiger partial charge is 0.303 e. The van der Waals surface area contributed by atoms with E-state index in [2.05, 4.69) is 0 Å². The van der Waals surface area contributed by atoms with Crippen LogP contribution in [-0.2, 0) is 9.59 Å². The molecule has 1 fully saturated rings. The number of Topliss-reactive ketones (excluding diaryl/α,β-unsaturated/α-hetero) is 1. The van der Waals surface area contributed by atoms with E-state index in [-0.39, 0.29) is 39.6 Å². The topological polar surface area (TPSA) is 71.4 Å². The van der Waals surface area contributed by atoms with E-state index in [1.165, 1.54) is 12.1 Å². The zero-order valence-corrected chi connectivity index (χ0v) is 16.9. The lowest BCUT2D eigenvalue weighted by Crippen LogP contribution is -2.13. The molecule has 4 nitrogen and oxygen atoms in total. The second-order valence-electron chi connectivity index (χ2n) is 7.09. The van der Waals surface area contributed by atoms with Crippen LogP contribution in [0, 0.1) is 17.7 Å². The van der Waals surface area contributed by atoms with Crippen LogP contribution in [0.15, 0.2) is 24.3 Å². The van der Waals surface area contributed by atoms with Gasteiger partial charge in [0.05, 0.1) is 10.0 Å². The van der Waals surface area contributed by atoms with E-state index in [1.54, 1.807) is 6.08 Å². The van der Waals surface area contributed by atoms with Crippen LogP contribution in [0.25, 0.3) is 0 Å². The summed E-state index contributed by atoms with van der Waals surface area (Å²) in [4.78, 5) is 35.0. The van der Waals surface area contributed by atoms with Gasteiger partial charge >= 0.3 is 5.97 Å². The summed E-state index contributed by atoms with van der Waals surface area (Å²) in [5, 5.41) is 8.57. The maximum Gasteiger partial charge on any atom is 0.303 e. The van der Waals surface area contributed by atoms with Gasteiger partial charge in [-0.25, -0.2) is 4.39 Å².